The Morgan fingerprint density at radius 3 is 2.93 bits per heavy atom. The van der Waals surface area contributed by atoms with Crippen molar-refractivity contribution >= 4 is 11.8 Å². The fourth-order valence-corrected chi connectivity index (χ4v) is 2.98. The maximum atomic E-state index is 10.3. The summed E-state index contributed by atoms with van der Waals surface area (Å²) < 4.78 is 5.55. The monoisotopic (exact) mass is 217 g/mol. The topological polar surface area (TPSA) is 55.5 Å². The van der Waals surface area contributed by atoms with Crippen LogP contribution in [0.1, 0.15) is 25.7 Å². The predicted octanol–water partition coefficient (Wildman–Crippen LogP) is 0.751. The molecule has 1 saturated carbocycles. The van der Waals surface area contributed by atoms with Gasteiger partial charge in [-0.15, -0.1) is 0 Å². The molecule has 0 aromatic carbocycles. The van der Waals surface area contributed by atoms with Gasteiger partial charge in [-0.2, -0.15) is 11.8 Å². The normalized spacial score (nSPS) is 38.6. The lowest BCUT2D eigenvalue weighted by atomic mass is 9.89. The van der Waals surface area contributed by atoms with Gasteiger partial charge in [0, 0.05) is 24.8 Å². The van der Waals surface area contributed by atoms with Crippen LogP contribution in [0.3, 0.4) is 0 Å². The average Bonchev–Trinajstić information content (AvgIpc) is 2.94. The van der Waals surface area contributed by atoms with Crippen LogP contribution in [0.15, 0.2) is 0 Å². The minimum absolute atomic E-state index is 0.0796. The first kappa shape index (κ1) is 10.7. The van der Waals surface area contributed by atoms with Gasteiger partial charge < -0.3 is 15.6 Å². The second-order valence-corrected chi connectivity index (χ2v) is 5.50. The highest BCUT2D eigenvalue weighted by Gasteiger charge is 2.37. The Labute approximate surface area is 89.4 Å². The molecule has 2 unspecified atom stereocenters. The third kappa shape index (κ3) is 2.63. The lowest BCUT2D eigenvalue weighted by molar-refractivity contribution is -0.0217. The fraction of sp³-hybridized carbons (Fsp3) is 1.00. The van der Waals surface area contributed by atoms with E-state index in [1.807, 2.05) is 11.8 Å². The Hall–Kier alpha value is 0.230. The largest absolute Gasteiger partial charge is 0.388 e. The zero-order valence-corrected chi connectivity index (χ0v) is 9.26. The number of ether oxygens (including phenoxy) is 1. The van der Waals surface area contributed by atoms with Crippen molar-refractivity contribution in [2.75, 3.05) is 18.1 Å². The summed E-state index contributed by atoms with van der Waals surface area (Å²) in [5, 5.41) is 10.3. The van der Waals surface area contributed by atoms with Gasteiger partial charge in [0.15, 0.2) is 0 Å². The van der Waals surface area contributed by atoms with Crippen LogP contribution in [0, 0.1) is 0 Å². The van der Waals surface area contributed by atoms with E-state index in [-0.39, 0.29) is 6.04 Å². The van der Waals surface area contributed by atoms with Crippen LogP contribution in [0.5, 0.6) is 0 Å². The van der Waals surface area contributed by atoms with Crippen molar-refractivity contribution in [3.8, 4) is 0 Å². The Bertz CT molecular complexity index is 199. The molecule has 2 atom stereocenters. The third-order valence-corrected chi connectivity index (χ3v) is 4.17. The number of rotatable bonds is 4. The van der Waals surface area contributed by atoms with E-state index >= 15 is 0 Å². The molecule has 1 heterocycles. The van der Waals surface area contributed by atoms with E-state index in [0.717, 1.165) is 17.9 Å². The molecule has 14 heavy (non-hydrogen) atoms. The Morgan fingerprint density at radius 1 is 1.50 bits per heavy atom. The molecule has 3 N–H and O–H groups in total. The summed E-state index contributed by atoms with van der Waals surface area (Å²) in [5.74, 6) is 1.90. The van der Waals surface area contributed by atoms with Crippen LogP contribution in [-0.4, -0.2) is 41.0 Å². The molecule has 4 heteroatoms. The molecular weight excluding hydrogens is 198 g/mol. The van der Waals surface area contributed by atoms with E-state index in [0.29, 0.717) is 19.1 Å². The highest BCUT2D eigenvalue weighted by Crippen LogP contribution is 2.30. The molecule has 0 amide bonds. The van der Waals surface area contributed by atoms with Crippen molar-refractivity contribution in [2.24, 2.45) is 5.73 Å². The van der Waals surface area contributed by atoms with Crippen molar-refractivity contribution in [1.82, 2.24) is 0 Å². The first-order valence-electron chi connectivity index (χ1n) is 5.38. The molecular formula is C10H19NO2S. The van der Waals surface area contributed by atoms with Crippen molar-refractivity contribution in [3.05, 3.63) is 0 Å². The minimum atomic E-state index is -0.667. The predicted molar refractivity (Wildman–Crippen MR) is 58.5 cm³/mol. The summed E-state index contributed by atoms with van der Waals surface area (Å²) >= 11 is 1.83. The van der Waals surface area contributed by atoms with E-state index < -0.39 is 5.60 Å². The van der Waals surface area contributed by atoms with Crippen LogP contribution in [-0.2, 0) is 4.74 Å². The zero-order chi connectivity index (χ0) is 10.0. The molecule has 1 aliphatic heterocycles. The number of thioether (sulfide) groups is 1. The highest BCUT2D eigenvalue weighted by atomic mass is 32.2. The maximum Gasteiger partial charge on any atom is 0.0835 e. The van der Waals surface area contributed by atoms with E-state index in [9.17, 15) is 5.11 Å². The second-order valence-electron chi connectivity index (χ2n) is 4.36. The summed E-state index contributed by atoms with van der Waals surface area (Å²) in [7, 11) is 0. The maximum absolute atomic E-state index is 10.3. The molecule has 0 bridgehead atoms. The first-order chi connectivity index (χ1) is 6.71. The molecule has 3 nitrogen and oxygen atoms in total. The van der Waals surface area contributed by atoms with Crippen molar-refractivity contribution in [3.63, 3.8) is 0 Å². The lowest BCUT2D eigenvalue weighted by Gasteiger charge is -2.37. The molecule has 1 saturated heterocycles. The molecule has 2 rings (SSSR count). The van der Waals surface area contributed by atoms with Gasteiger partial charge in [-0.05, 0) is 25.0 Å². The van der Waals surface area contributed by atoms with Gasteiger partial charge >= 0.3 is 0 Å². The lowest BCUT2D eigenvalue weighted by Crippen LogP contribution is -2.53. The van der Waals surface area contributed by atoms with Gasteiger partial charge in [0.1, 0.15) is 0 Å². The van der Waals surface area contributed by atoms with Gasteiger partial charge in [-0.1, -0.05) is 0 Å². The van der Waals surface area contributed by atoms with Crippen LogP contribution in [0.25, 0.3) is 0 Å². The van der Waals surface area contributed by atoms with Crippen LogP contribution >= 0.6 is 11.8 Å². The Morgan fingerprint density at radius 2 is 2.29 bits per heavy atom. The van der Waals surface area contributed by atoms with Crippen molar-refractivity contribution in [2.45, 2.75) is 43.4 Å². The van der Waals surface area contributed by atoms with Gasteiger partial charge in [0.2, 0.25) is 0 Å². The van der Waals surface area contributed by atoms with Crippen LogP contribution in [0.2, 0.25) is 0 Å². The highest BCUT2D eigenvalue weighted by molar-refractivity contribution is 7.99. The van der Waals surface area contributed by atoms with E-state index in [1.165, 1.54) is 12.8 Å². The number of nitrogens with two attached hydrogens (primary N) is 1. The van der Waals surface area contributed by atoms with Crippen LogP contribution < -0.4 is 5.73 Å². The summed E-state index contributed by atoms with van der Waals surface area (Å²) in [6.07, 6.45) is 4.38. The first-order valence-corrected chi connectivity index (χ1v) is 6.53. The standard InChI is InChI=1S/C10H19NO2S/c11-9-7-14-6-4-10(9,12)3-5-13-8-1-2-8/h8-9,12H,1-7,11H2. The summed E-state index contributed by atoms with van der Waals surface area (Å²) in [5.41, 5.74) is 5.25. The number of hydrogen-bond acceptors (Lipinski definition) is 4. The molecule has 0 aromatic heterocycles. The molecule has 1 aliphatic carbocycles. The third-order valence-electron chi connectivity index (χ3n) is 3.08. The van der Waals surface area contributed by atoms with Crippen LogP contribution in [0.4, 0.5) is 0 Å². The van der Waals surface area contributed by atoms with Gasteiger partial charge in [-0.3, -0.25) is 0 Å². The SMILES string of the molecule is NC1CSCCC1(O)CCOC1CC1. The summed E-state index contributed by atoms with van der Waals surface area (Å²) in [6.45, 7) is 0.666. The van der Waals surface area contributed by atoms with Gasteiger partial charge in [-0.25, -0.2) is 0 Å². The molecule has 0 aromatic rings. The van der Waals surface area contributed by atoms with Crippen molar-refractivity contribution < 1.29 is 9.84 Å². The second kappa shape index (κ2) is 4.39. The average molecular weight is 217 g/mol. The van der Waals surface area contributed by atoms with E-state index in [1.54, 1.807) is 0 Å². The Balaban J connectivity index is 1.73. The quantitative estimate of drug-likeness (QED) is 0.729. The zero-order valence-electron chi connectivity index (χ0n) is 8.45. The van der Waals surface area contributed by atoms with Gasteiger partial charge in [0.05, 0.1) is 11.7 Å². The molecule has 0 spiro atoms. The molecule has 2 fully saturated rings. The van der Waals surface area contributed by atoms with E-state index in [2.05, 4.69) is 0 Å². The fourth-order valence-electron chi connectivity index (χ4n) is 1.75. The minimum Gasteiger partial charge on any atom is -0.388 e. The van der Waals surface area contributed by atoms with Crippen molar-refractivity contribution in [1.29, 1.82) is 0 Å². The molecule has 0 radical (unpaired) electrons. The van der Waals surface area contributed by atoms with E-state index in [4.69, 9.17) is 10.5 Å². The smallest absolute Gasteiger partial charge is 0.0835 e. The Kier molecular flexibility index (Phi) is 3.37. The molecule has 82 valence electrons. The molecule has 2 aliphatic rings. The number of aliphatic hydroxyl groups is 1. The summed E-state index contributed by atoms with van der Waals surface area (Å²) in [4.78, 5) is 0. The number of hydrogen-bond donors (Lipinski definition) is 2. The van der Waals surface area contributed by atoms with Gasteiger partial charge in [0.25, 0.3) is 0 Å². The summed E-state index contributed by atoms with van der Waals surface area (Å²) in [6, 6.07) is -0.0796.